The van der Waals surface area contributed by atoms with Gasteiger partial charge in [-0.3, -0.25) is 5.43 Å². The number of nitrogens with one attached hydrogen (secondary N) is 1. The Kier molecular flexibility index (Phi) is 5.95. The number of hydrazone groups is 1. The maximum Gasteiger partial charge on any atom is 0.328 e. The summed E-state index contributed by atoms with van der Waals surface area (Å²) in [7, 11) is 3.00. The molecule has 3 rings (SSSR count). The van der Waals surface area contributed by atoms with Crippen LogP contribution >= 0.6 is 11.6 Å². The Balaban J connectivity index is 1.77. The molecule has 0 bridgehead atoms. The Morgan fingerprint density at radius 2 is 1.74 bits per heavy atom. The molecule has 2 aromatic heterocycles. The fraction of sp³-hybridized carbons (Fsp3) is 0.118. The molecule has 2 heterocycles. The summed E-state index contributed by atoms with van der Waals surface area (Å²) in [4.78, 5) is 8.29. The smallest absolute Gasteiger partial charge is 0.328 e. The summed E-state index contributed by atoms with van der Waals surface area (Å²) in [6.45, 7) is 0. The summed E-state index contributed by atoms with van der Waals surface area (Å²) < 4.78 is 16.0. The summed E-state index contributed by atoms with van der Waals surface area (Å²) in [5.41, 5.74) is 3.45. The molecule has 0 spiro atoms. The first-order chi connectivity index (χ1) is 13.2. The van der Waals surface area contributed by atoms with Crippen LogP contribution in [0.5, 0.6) is 23.5 Å². The number of hydrogen-bond donors (Lipinski definition) is 1. The number of para-hydroxylation sites is 1. The molecule has 1 N–H and O–H groups in total. The highest BCUT2D eigenvalue weighted by Crippen LogP contribution is 2.25. The van der Waals surface area contributed by atoms with Crippen LogP contribution in [0.15, 0.2) is 47.6 Å². The maximum atomic E-state index is 5.77. The van der Waals surface area contributed by atoms with Crippen LogP contribution in [0.3, 0.4) is 0 Å². The van der Waals surface area contributed by atoms with E-state index in [4.69, 9.17) is 25.8 Å². The SMILES string of the molecule is COc1cc(OC)nc(Oc2ccccc2/C=N/Nc2ccc(Cl)nn2)n1. The van der Waals surface area contributed by atoms with Gasteiger partial charge in [-0.15, -0.1) is 10.2 Å². The normalized spacial score (nSPS) is 10.6. The van der Waals surface area contributed by atoms with Gasteiger partial charge in [0.1, 0.15) is 5.75 Å². The van der Waals surface area contributed by atoms with Crippen molar-refractivity contribution in [3.63, 3.8) is 0 Å². The Morgan fingerprint density at radius 3 is 2.41 bits per heavy atom. The van der Waals surface area contributed by atoms with Gasteiger partial charge in [-0.25, -0.2) is 0 Å². The number of anilines is 1. The molecular formula is C17H15ClN6O3. The molecule has 0 aliphatic heterocycles. The third kappa shape index (κ3) is 5.02. The van der Waals surface area contributed by atoms with Gasteiger partial charge in [0.25, 0.3) is 0 Å². The van der Waals surface area contributed by atoms with Crippen molar-refractivity contribution in [3.05, 3.63) is 53.2 Å². The lowest BCUT2D eigenvalue weighted by Gasteiger charge is -2.09. The number of ether oxygens (including phenoxy) is 3. The van der Waals surface area contributed by atoms with Crippen LogP contribution in [-0.2, 0) is 0 Å². The van der Waals surface area contributed by atoms with Gasteiger partial charge in [0.2, 0.25) is 11.8 Å². The second-order valence-electron chi connectivity index (χ2n) is 4.99. The second kappa shape index (κ2) is 8.77. The van der Waals surface area contributed by atoms with Gasteiger partial charge >= 0.3 is 6.01 Å². The highest BCUT2D eigenvalue weighted by atomic mass is 35.5. The molecule has 0 unspecified atom stereocenters. The van der Waals surface area contributed by atoms with Crippen molar-refractivity contribution in [2.45, 2.75) is 0 Å². The standard InChI is InChI=1S/C17H15ClN6O3/c1-25-15-9-16(26-2)21-17(20-15)27-12-6-4-3-5-11(12)10-19-23-14-8-7-13(18)22-24-14/h3-10H,1-2H3,(H,23,24)/b19-10+. The zero-order valence-corrected chi connectivity index (χ0v) is 15.2. The van der Waals surface area contributed by atoms with E-state index in [0.717, 1.165) is 0 Å². The molecule has 138 valence electrons. The summed E-state index contributed by atoms with van der Waals surface area (Å²) in [6.07, 6.45) is 1.57. The zero-order valence-electron chi connectivity index (χ0n) is 14.5. The van der Waals surface area contributed by atoms with Crippen molar-refractivity contribution in [1.82, 2.24) is 20.2 Å². The zero-order chi connectivity index (χ0) is 19.1. The average molecular weight is 387 g/mol. The fourth-order valence-corrected chi connectivity index (χ4v) is 2.06. The molecule has 1 aromatic carbocycles. The summed E-state index contributed by atoms with van der Waals surface area (Å²) in [5.74, 6) is 1.60. The van der Waals surface area contributed by atoms with Gasteiger partial charge in [0.15, 0.2) is 11.0 Å². The van der Waals surface area contributed by atoms with E-state index in [1.807, 2.05) is 18.2 Å². The van der Waals surface area contributed by atoms with E-state index < -0.39 is 0 Å². The molecule has 9 nitrogen and oxygen atoms in total. The van der Waals surface area contributed by atoms with E-state index in [0.29, 0.717) is 34.0 Å². The predicted molar refractivity (Wildman–Crippen MR) is 99.9 cm³/mol. The van der Waals surface area contributed by atoms with Crippen molar-refractivity contribution in [1.29, 1.82) is 0 Å². The van der Waals surface area contributed by atoms with Crippen LogP contribution in [-0.4, -0.2) is 40.6 Å². The highest BCUT2D eigenvalue weighted by Gasteiger charge is 2.09. The summed E-state index contributed by atoms with van der Waals surface area (Å²) in [6, 6.07) is 12.2. The first-order valence-electron chi connectivity index (χ1n) is 7.70. The molecule has 0 atom stereocenters. The van der Waals surface area contributed by atoms with Crippen LogP contribution in [0, 0.1) is 0 Å². The summed E-state index contributed by atoms with van der Waals surface area (Å²) in [5, 5.41) is 12.0. The quantitative estimate of drug-likeness (QED) is 0.487. The van der Waals surface area contributed by atoms with E-state index in [9.17, 15) is 0 Å². The Labute approximate surface area is 160 Å². The first kappa shape index (κ1) is 18.3. The minimum atomic E-state index is 0.0866. The van der Waals surface area contributed by atoms with Crippen molar-refractivity contribution in [3.8, 4) is 23.5 Å². The Bertz CT molecular complexity index is 914. The van der Waals surface area contributed by atoms with Crippen LogP contribution in [0.4, 0.5) is 5.82 Å². The molecule has 0 fully saturated rings. The molecule has 0 aliphatic rings. The first-order valence-corrected chi connectivity index (χ1v) is 8.08. The topological polar surface area (TPSA) is 104 Å². The van der Waals surface area contributed by atoms with Gasteiger partial charge in [-0.05, 0) is 24.3 Å². The third-order valence-corrected chi connectivity index (χ3v) is 3.41. The molecule has 0 saturated heterocycles. The van der Waals surface area contributed by atoms with Gasteiger partial charge in [-0.1, -0.05) is 23.7 Å². The van der Waals surface area contributed by atoms with E-state index in [2.05, 4.69) is 30.7 Å². The van der Waals surface area contributed by atoms with Gasteiger partial charge < -0.3 is 14.2 Å². The number of halogens is 1. The van der Waals surface area contributed by atoms with Crippen LogP contribution in [0.1, 0.15) is 5.56 Å². The second-order valence-corrected chi connectivity index (χ2v) is 5.37. The molecule has 0 aliphatic carbocycles. The van der Waals surface area contributed by atoms with E-state index in [-0.39, 0.29) is 6.01 Å². The lowest BCUT2D eigenvalue weighted by Crippen LogP contribution is -2.00. The predicted octanol–water partition coefficient (Wildman–Crippen LogP) is 3.18. The minimum Gasteiger partial charge on any atom is -0.481 e. The number of nitrogens with zero attached hydrogens (tertiary/aromatic N) is 5. The van der Waals surface area contributed by atoms with E-state index in [1.165, 1.54) is 14.2 Å². The molecule has 27 heavy (non-hydrogen) atoms. The van der Waals surface area contributed by atoms with E-state index >= 15 is 0 Å². The minimum absolute atomic E-state index is 0.0866. The monoisotopic (exact) mass is 386 g/mol. The number of rotatable bonds is 7. The molecule has 0 saturated carbocycles. The lowest BCUT2D eigenvalue weighted by atomic mass is 10.2. The van der Waals surface area contributed by atoms with Crippen LogP contribution in [0.25, 0.3) is 0 Å². The van der Waals surface area contributed by atoms with E-state index in [1.54, 1.807) is 30.5 Å². The van der Waals surface area contributed by atoms with Gasteiger partial charge in [-0.2, -0.15) is 15.1 Å². The highest BCUT2D eigenvalue weighted by molar-refractivity contribution is 6.29. The summed E-state index contributed by atoms with van der Waals surface area (Å²) >= 11 is 5.70. The average Bonchev–Trinajstić information content (AvgIpc) is 2.70. The van der Waals surface area contributed by atoms with Crippen molar-refractivity contribution < 1.29 is 14.2 Å². The molecular weight excluding hydrogens is 372 g/mol. The van der Waals surface area contributed by atoms with Gasteiger partial charge in [0, 0.05) is 5.56 Å². The molecule has 0 radical (unpaired) electrons. The number of hydrogen-bond acceptors (Lipinski definition) is 9. The molecule has 0 amide bonds. The maximum absolute atomic E-state index is 5.77. The molecule has 3 aromatic rings. The fourth-order valence-electron chi connectivity index (χ4n) is 1.96. The van der Waals surface area contributed by atoms with Crippen molar-refractivity contribution in [2.75, 3.05) is 19.6 Å². The Morgan fingerprint density at radius 1 is 1.00 bits per heavy atom. The Hall–Kier alpha value is -3.46. The van der Waals surface area contributed by atoms with Gasteiger partial charge in [0.05, 0.1) is 26.5 Å². The number of aromatic nitrogens is 4. The lowest BCUT2D eigenvalue weighted by molar-refractivity contribution is 0.348. The number of methoxy groups -OCH3 is 2. The third-order valence-electron chi connectivity index (χ3n) is 3.21. The number of benzene rings is 1. The van der Waals surface area contributed by atoms with Crippen LogP contribution in [0.2, 0.25) is 5.15 Å². The molecule has 10 heteroatoms. The largest absolute Gasteiger partial charge is 0.481 e. The van der Waals surface area contributed by atoms with Crippen LogP contribution < -0.4 is 19.6 Å². The van der Waals surface area contributed by atoms with Crippen molar-refractivity contribution in [2.24, 2.45) is 5.10 Å². The van der Waals surface area contributed by atoms with Crippen molar-refractivity contribution >= 4 is 23.6 Å².